The van der Waals surface area contributed by atoms with Gasteiger partial charge in [0.25, 0.3) is 0 Å². The van der Waals surface area contributed by atoms with E-state index < -0.39 is 6.36 Å². The van der Waals surface area contributed by atoms with E-state index in [0.29, 0.717) is 16.8 Å². The molecular weight excluding hydrogens is 467 g/mol. The zero-order valence-electron chi connectivity index (χ0n) is 16.0. The monoisotopic (exact) mass is 489 g/mol. The van der Waals surface area contributed by atoms with Crippen molar-refractivity contribution in [1.82, 2.24) is 0 Å². The molecule has 0 unspecified atom stereocenters. The van der Waals surface area contributed by atoms with Crippen molar-refractivity contribution in [2.45, 2.75) is 32.4 Å². The number of nitrogens with two attached hydrogens (primary N) is 1. The smallest absolute Gasteiger partial charge is 0.573 e. The molecule has 3 N–H and O–H groups in total. The van der Waals surface area contributed by atoms with Crippen LogP contribution in [-0.4, -0.2) is 17.7 Å². The fourth-order valence-electron chi connectivity index (χ4n) is 2.37. The lowest BCUT2D eigenvalue weighted by Gasteiger charge is -2.08. The molecule has 2 rings (SSSR count). The van der Waals surface area contributed by atoms with Crippen LogP contribution >= 0.6 is 11.8 Å². The first kappa shape index (κ1) is 25.0. The summed E-state index contributed by atoms with van der Waals surface area (Å²) in [5.41, 5.74) is 8.91. The fraction of sp³-hybridized carbons (Fsp3) is 0.300. The molecule has 0 bridgehead atoms. The van der Waals surface area contributed by atoms with Crippen molar-refractivity contribution >= 4 is 23.1 Å². The van der Waals surface area contributed by atoms with Crippen molar-refractivity contribution in [1.29, 1.82) is 0 Å². The number of hydrazone groups is 1. The van der Waals surface area contributed by atoms with Crippen molar-refractivity contribution < 1.29 is 40.0 Å². The molecule has 2 aromatic carbocycles. The van der Waals surface area contributed by atoms with Gasteiger partial charge in [0.2, 0.25) is 11.4 Å². The first-order chi connectivity index (χ1) is 13.2. The molecule has 0 aliphatic carbocycles. The summed E-state index contributed by atoms with van der Waals surface area (Å²) >= 11 is 1.28. The van der Waals surface area contributed by atoms with E-state index in [4.69, 9.17) is 5.73 Å². The molecule has 0 aliphatic heterocycles. The van der Waals surface area contributed by atoms with Gasteiger partial charge in [0, 0.05) is 16.4 Å². The normalized spacial score (nSPS) is 12.3. The van der Waals surface area contributed by atoms with Gasteiger partial charge in [0.15, 0.2) is 0 Å². The third kappa shape index (κ3) is 10.4. The van der Waals surface area contributed by atoms with Crippen LogP contribution in [0.15, 0.2) is 53.6 Å². The quantitative estimate of drug-likeness (QED) is 0.337. The lowest BCUT2D eigenvalue weighted by atomic mass is 10.0. The van der Waals surface area contributed by atoms with E-state index in [1.165, 1.54) is 29.5 Å². The number of benzene rings is 2. The maximum Gasteiger partial charge on any atom is 0.573 e. The number of halogens is 4. The van der Waals surface area contributed by atoms with E-state index in [-0.39, 0.29) is 22.7 Å². The molecule has 0 radical (unpaired) electrons. The van der Waals surface area contributed by atoms with Gasteiger partial charge < -0.3 is 27.5 Å². The van der Waals surface area contributed by atoms with Crippen molar-refractivity contribution in [2.75, 3.05) is 0 Å². The van der Waals surface area contributed by atoms with Crippen molar-refractivity contribution in [3.8, 4) is 5.75 Å². The molecule has 158 valence electrons. The van der Waals surface area contributed by atoms with Gasteiger partial charge in [0.1, 0.15) is 5.75 Å². The fourth-order valence-corrected chi connectivity index (χ4v) is 2.99. The van der Waals surface area contributed by atoms with Crippen molar-refractivity contribution in [2.24, 2.45) is 16.8 Å². The topological polar surface area (TPSA) is 61.6 Å². The second kappa shape index (κ2) is 11.9. The number of ether oxygens (including phenoxy) is 1. The van der Waals surface area contributed by atoms with Gasteiger partial charge in [-0.1, -0.05) is 49.9 Å². The molecule has 0 spiro atoms. The average Bonchev–Trinajstić information content (AvgIpc) is 2.61. The van der Waals surface area contributed by atoms with Gasteiger partial charge in [-0.15, -0.1) is 18.3 Å². The van der Waals surface area contributed by atoms with E-state index in [9.17, 15) is 13.2 Å². The summed E-state index contributed by atoms with van der Waals surface area (Å²) in [6.45, 7) is 4.36. The second-order valence-corrected chi connectivity index (χ2v) is 7.54. The summed E-state index contributed by atoms with van der Waals surface area (Å²) < 4.78 is 40.2. The molecule has 0 saturated heterocycles. The number of thioether (sulfide) groups is 1. The largest absolute Gasteiger partial charge is 1.00 e. The number of hydrogen-bond donors (Lipinski definition) is 2. The molecule has 9 heteroatoms. The highest BCUT2D eigenvalue weighted by Gasteiger charge is 2.30. The summed E-state index contributed by atoms with van der Waals surface area (Å²) in [5, 5.41) is 7.18. The van der Waals surface area contributed by atoms with Gasteiger partial charge in [-0.05, 0) is 47.7 Å². The number of nitrogens with zero attached hydrogens (tertiary/aromatic N) is 1. The summed E-state index contributed by atoms with van der Waals surface area (Å²) in [6.07, 6.45) is -1.90. The Hall–Kier alpha value is -2.00. The molecule has 0 heterocycles. The summed E-state index contributed by atoms with van der Waals surface area (Å²) in [4.78, 5) is 0. The molecule has 4 nitrogen and oxygen atoms in total. The molecule has 29 heavy (non-hydrogen) atoms. The first-order valence-corrected chi connectivity index (χ1v) is 9.68. The predicted octanol–water partition coefficient (Wildman–Crippen LogP) is 0.450. The van der Waals surface area contributed by atoms with E-state index in [2.05, 4.69) is 40.9 Å². The van der Waals surface area contributed by atoms with Crippen LogP contribution in [0.25, 0.3) is 0 Å². The van der Waals surface area contributed by atoms with Crippen LogP contribution in [0.3, 0.4) is 0 Å². The minimum Gasteiger partial charge on any atom is -1.00 e. The zero-order valence-corrected chi connectivity index (χ0v) is 18.4. The van der Waals surface area contributed by atoms with Crippen LogP contribution in [0, 0.1) is 5.92 Å². The highest BCUT2D eigenvalue weighted by molar-refractivity contribution is 8.13. The number of alkyl halides is 3. The Bertz CT molecular complexity index is 807. The Morgan fingerprint density at radius 3 is 2.24 bits per heavy atom. The third-order valence-electron chi connectivity index (χ3n) is 3.57. The molecule has 0 aromatic heterocycles. The minimum atomic E-state index is -4.69. The minimum absolute atomic E-state index is 0. The van der Waals surface area contributed by atoms with Crippen LogP contribution < -0.4 is 32.6 Å². The van der Waals surface area contributed by atoms with E-state index in [1.54, 1.807) is 18.3 Å². The van der Waals surface area contributed by atoms with Gasteiger partial charge in [0.05, 0.1) is 0 Å². The van der Waals surface area contributed by atoms with E-state index in [1.807, 2.05) is 12.1 Å². The molecule has 2 aromatic rings. The number of amidine groups is 1. The van der Waals surface area contributed by atoms with Crippen molar-refractivity contribution in [3.63, 3.8) is 0 Å². The molecule has 0 aliphatic rings. The zero-order chi connectivity index (χ0) is 20.6. The van der Waals surface area contributed by atoms with E-state index in [0.717, 1.165) is 17.5 Å². The Morgan fingerprint density at radius 2 is 1.69 bits per heavy atom. The van der Waals surface area contributed by atoms with Crippen LogP contribution in [0.1, 0.15) is 30.5 Å². The van der Waals surface area contributed by atoms with Crippen LogP contribution in [0.2, 0.25) is 0 Å². The molecular formula is C20H23BrF3N3OS. The van der Waals surface area contributed by atoms with Crippen LogP contribution in [0.4, 0.5) is 13.2 Å². The Kier molecular flexibility index (Phi) is 10.2. The summed E-state index contributed by atoms with van der Waals surface area (Å²) in [5.74, 6) is 0.842. The SMILES string of the molecule is CC(C)Cc1ccc(C=[NH+]N=C(N)SCc2ccc(OC(F)(F)F)cc2)cc1.[Br-]. The second-order valence-electron chi connectivity index (χ2n) is 6.54. The maximum absolute atomic E-state index is 12.1. The highest BCUT2D eigenvalue weighted by Crippen LogP contribution is 2.23. The molecule has 0 atom stereocenters. The summed E-state index contributed by atoms with van der Waals surface area (Å²) in [6, 6.07) is 13.8. The highest BCUT2D eigenvalue weighted by atomic mass is 79.9. The number of hydrogen-bond acceptors (Lipinski definition) is 3. The third-order valence-corrected chi connectivity index (χ3v) is 4.44. The standard InChI is InChI=1S/C20H22F3N3OS.BrH/c1-14(2)11-15-3-5-16(6-4-15)12-25-26-19(24)28-13-17-7-9-18(10-8-17)27-20(21,22)23;/h3-10,12,14H,11,13H2,1-2H3,(H2,24,26);1H. The Balaban J connectivity index is 0.00000420. The lowest BCUT2D eigenvalue weighted by Crippen LogP contribution is -3.00. The average molecular weight is 490 g/mol. The van der Waals surface area contributed by atoms with Gasteiger partial charge >= 0.3 is 6.36 Å². The summed E-state index contributed by atoms with van der Waals surface area (Å²) in [7, 11) is 0. The van der Waals surface area contributed by atoms with Crippen molar-refractivity contribution in [3.05, 3.63) is 65.2 Å². The molecule has 0 fully saturated rings. The van der Waals surface area contributed by atoms with E-state index >= 15 is 0 Å². The van der Waals surface area contributed by atoms with Crippen LogP contribution in [-0.2, 0) is 12.2 Å². The van der Waals surface area contributed by atoms with Crippen LogP contribution in [0.5, 0.6) is 5.75 Å². The number of nitrogens with one attached hydrogen (secondary N) is 1. The Morgan fingerprint density at radius 1 is 1.10 bits per heavy atom. The van der Waals surface area contributed by atoms with Gasteiger partial charge in [-0.25, -0.2) is 0 Å². The first-order valence-electron chi connectivity index (χ1n) is 8.69. The van der Waals surface area contributed by atoms with Gasteiger partial charge in [-0.3, -0.25) is 0 Å². The molecule has 0 amide bonds. The lowest BCUT2D eigenvalue weighted by molar-refractivity contribution is -0.456. The predicted molar refractivity (Wildman–Crippen MR) is 107 cm³/mol. The number of rotatable bonds is 7. The Labute approximate surface area is 183 Å². The van der Waals surface area contributed by atoms with Gasteiger partial charge in [-0.2, -0.15) is 0 Å². The molecule has 0 saturated carbocycles. The maximum atomic E-state index is 12.1.